The van der Waals surface area contributed by atoms with E-state index in [0.717, 1.165) is 18.7 Å². The first-order chi connectivity index (χ1) is 15.4. The first-order valence-electron chi connectivity index (χ1n) is 11.5. The third-order valence-corrected chi connectivity index (χ3v) is 5.28. The SMILES string of the molecule is C=C/C=C1\N(CC)c2ccc(OC)cc2C1(C)Cc1ccc(OC(C)=O)cc1.CC.CC. The highest BCUT2D eigenvalue weighted by Crippen LogP contribution is 2.50. The first-order valence-corrected chi connectivity index (χ1v) is 11.5. The summed E-state index contributed by atoms with van der Waals surface area (Å²) in [5, 5.41) is 0. The number of likely N-dealkylation sites (N-methyl/N-ethyl adjacent to an activating group) is 1. The van der Waals surface area contributed by atoms with Crippen molar-refractivity contribution in [3.63, 3.8) is 0 Å². The van der Waals surface area contributed by atoms with Crippen LogP contribution in [0.1, 0.15) is 59.6 Å². The van der Waals surface area contributed by atoms with Crippen LogP contribution in [-0.4, -0.2) is 19.6 Å². The van der Waals surface area contributed by atoms with E-state index in [1.165, 1.54) is 29.4 Å². The number of rotatable bonds is 6. The fourth-order valence-corrected chi connectivity index (χ4v) is 4.05. The first kappa shape index (κ1) is 27.0. The van der Waals surface area contributed by atoms with Crippen molar-refractivity contribution in [1.29, 1.82) is 0 Å². The van der Waals surface area contributed by atoms with Crippen molar-refractivity contribution in [2.75, 3.05) is 18.6 Å². The number of ether oxygens (including phenoxy) is 2. The predicted molar refractivity (Wildman–Crippen MR) is 136 cm³/mol. The summed E-state index contributed by atoms with van der Waals surface area (Å²) in [4.78, 5) is 13.5. The number of fused-ring (bicyclic) bond motifs is 1. The average Bonchev–Trinajstić information content (AvgIpc) is 3.04. The Morgan fingerprint density at radius 2 is 1.66 bits per heavy atom. The zero-order chi connectivity index (χ0) is 24.3. The van der Waals surface area contributed by atoms with Crippen LogP contribution >= 0.6 is 0 Å². The maximum Gasteiger partial charge on any atom is 0.308 e. The Balaban J connectivity index is 0.00000121. The highest BCUT2D eigenvalue weighted by molar-refractivity contribution is 5.73. The van der Waals surface area contributed by atoms with Crippen LogP contribution < -0.4 is 14.4 Å². The molecule has 1 heterocycles. The molecule has 0 aliphatic carbocycles. The normalized spacial score (nSPS) is 17.4. The molecule has 1 atom stereocenters. The molecule has 174 valence electrons. The summed E-state index contributed by atoms with van der Waals surface area (Å²) in [6.45, 7) is 18.6. The number of carbonyl (C=O) groups is 1. The molecule has 4 heteroatoms. The smallest absolute Gasteiger partial charge is 0.308 e. The fraction of sp³-hybridized carbons (Fsp3) is 0.393. The number of benzene rings is 2. The predicted octanol–water partition coefficient (Wildman–Crippen LogP) is 7.08. The standard InChI is InChI=1S/C24H27NO3.2C2H6/c1-6-8-23-24(4,16-18-9-11-19(12-10-18)28-17(3)26)21-15-20(27-5)13-14-22(21)25(23)7-2;2*1-2/h6,8-15H,1,7,16H2,2-5H3;2*1-2H3/b23-8-;;. The highest BCUT2D eigenvalue weighted by Gasteiger charge is 2.43. The van der Waals surface area contributed by atoms with Crippen molar-refractivity contribution in [1.82, 2.24) is 0 Å². The summed E-state index contributed by atoms with van der Waals surface area (Å²) in [5.41, 5.74) is 4.61. The molecular weight excluding hydrogens is 398 g/mol. The summed E-state index contributed by atoms with van der Waals surface area (Å²) in [5.74, 6) is 1.10. The van der Waals surface area contributed by atoms with E-state index in [0.29, 0.717) is 5.75 Å². The maximum absolute atomic E-state index is 11.2. The summed E-state index contributed by atoms with van der Waals surface area (Å²) >= 11 is 0. The average molecular weight is 438 g/mol. The van der Waals surface area contributed by atoms with E-state index in [1.807, 2.05) is 64.1 Å². The van der Waals surface area contributed by atoms with Gasteiger partial charge in [-0.1, -0.05) is 52.5 Å². The van der Waals surface area contributed by atoms with Crippen molar-refractivity contribution < 1.29 is 14.3 Å². The molecule has 0 N–H and O–H groups in total. The van der Waals surface area contributed by atoms with Crippen LogP contribution in [0.3, 0.4) is 0 Å². The van der Waals surface area contributed by atoms with Crippen molar-refractivity contribution in [3.8, 4) is 11.5 Å². The van der Waals surface area contributed by atoms with E-state index in [1.54, 1.807) is 7.11 Å². The van der Waals surface area contributed by atoms with Gasteiger partial charge in [-0.05, 0) is 67.8 Å². The molecule has 2 aromatic carbocycles. The minimum Gasteiger partial charge on any atom is -0.497 e. The van der Waals surface area contributed by atoms with Gasteiger partial charge < -0.3 is 14.4 Å². The lowest BCUT2D eigenvalue weighted by atomic mass is 9.76. The Hall–Kier alpha value is -3.01. The van der Waals surface area contributed by atoms with Crippen LogP contribution in [0.25, 0.3) is 0 Å². The Kier molecular flexibility index (Phi) is 10.8. The summed E-state index contributed by atoms with van der Waals surface area (Å²) in [6.07, 6.45) is 4.76. The molecule has 1 unspecified atom stereocenters. The van der Waals surface area contributed by atoms with Gasteiger partial charge in [0.1, 0.15) is 11.5 Å². The molecule has 3 rings (SSSR count). The second kappa shape index (κ2) is 12.7. The van der Waals surface area contributed by atoms with Crippen LogP contribution in [0.4, 0.5) is 5.69 Å². The van der Waals surface area contributed by atoms with Crippen molar-refractivity contribution in [2.45, 2.75) is 60.3 Å². The molecular formula is C28H39NO3. The van der Waals surface area contributed by atoms with E-state index in [9.17, 15) is 4.79 Å². The lowest BCUT2D eigenvalue weighted by molar-refractivity contribution is -0.131. The van der Waals surface area contributed by atoms with Gasteiger partial charge in [-0.2, -0.15) is 0 Å². The molecule has 1 aliphatic rings. The van der Waals surface area contributed by atoms with Crippen LogP contribution in [-0.2, 0) is 16.6 Å². The Morgan fingerprint density at radius 1 is 1.06 bits per heavy atom. The number of carbonyl (C=O) groups excluding carboxylic acids is 1. The molecule has 0 fully saturated rings. The fourth-order valence-electron chi connectivity index (χ4n) is 4.05. The topological polar surface area (TPSA) is 38.8 Å². The zero-order valence-corrected chi connectivity index (χ0v) is 21.0. The minimum absolute atomic E-state index is 0.225. The summed E-state index contributed by atoms with van der Waals surface area (Å²) < 4.78 is 10.6. The third kappa shape index (κ3) is 5.82. The molecule has 2 aromatic rings. The number of hydrogen-bond acceptors (Lipinski definition) is 4. The van der Waals surface area contributed by atoms with E-state index in [4.69, 9.17) is 9.47 Å². The van der Waals surface area contributed by atoms with Crippen LogP contribution in [0.2, 0.25) is 0 Å². The van der Waals surface area contributed by atoms with Crippen molar-refractivity contribution >= 4 is 11.7 Å². The molecule has 0 radical (unpaired) electrons. The molecule has 0 amide bonds. The second-order valence-corrected chi connectivity index (χ2v) is 7.16. The summed E-state index contributed by atoms with van der Waals surface area (Å²) in [7, 11) is 1.69. The Labute approximate surface area is 194 Å². The molecule has 0 saturated carbocycles. The van der Waals surface area contributed by atoms with Gasteiger partial charge in [-0.3, -0.25) is 4.79 Å². The van der Waals surface area contributed by atoms with Crippen LogP contribution in [0.15, 0.2) is 66.9 Å². The van der Waals surface area contributed by atoms with E-state index in [-0.39, 0.29) is 11.4 Å². The molecule has 0 bridgehead atoms. The van der Waals surface area contributed by atoms with E-state index < -0.39 is 0 Å². The van der Waals surface area contributed by atoms with Gasteiger partial charge in [0.05, 0.1) is 7.11 Å². The number of anilines is 1. The van der Waals surface area contributed by atoms with Gasteiger partial charge in [0.15, 0.2) is 0 Å². The van der Waals surface area contributed by atoms with Gasteiger partial charge >= 0.3 is 5.97 Å². The number of allylic oxidation sites excluding steroid dienone is 3. The second-order valence-electron chi connectivity index (χ2n) is 7.16. The maximum atomic E-state index is 11.2. The van der Waals surface area contributed by atoms with Gasteiger partial charge in [0.2, 0.25) is 0 Å². The Morgan fingerprint density at radius 3 is 2.16 bits per heavy atom. The van der Waals surface area contributed by atoms with E-state index in [2.05, 4.69) is 43.5 Å². The quantitative estimate of drug-likeness (QED) is 0.357. The molecule has 4 nitrogen and oxygen atoms in total. The number of methoxy groups -OCH3 is 1. The van der Waals surface area contributed by atoms with Gasteiger partial charge in [0.25, 0.3) is 0 Å². The van der Waals surface area contributed by atoms with Gasteiger partial charge in [-0.25, -0.2) is 0 Å². The Bertz CT molecular complexity index is 915. The molecule has 32 heavy (non-hydrogen) atoms. The zero-order valence-electron chi connectivity index (χ0n) is 21.0. The molecule has 0 aromatic heterocycles. The molecule has 0 saturated heterocycles. The van der Waals surface area contributed by atoms with Gasteiger partial charge in [-0.15, -0.1) is 0 Å². The monoisotopic (exact) mass is 437 g/mol. The van der Waals surface area contributed by atoms with Gasteiger partial charge in [0, 0.05) is 30.3 Å². The summed E-state index contributed by atoms with van der Waals surface area (Å²) in [6, 6.07) is 14.0. The molecule has 0 spiro atoms. The minimum atomic E-state index is -0.314. The third-order valence-electron chi connectivity index (χ3n) is 5.28. The largest absolute Gasteiger partial charge is 0.497 e. The number of hydrogen-bond donors (Lipinski definition) is 0. The number of nitrogens with zero attached hydrogens (tertiary/aromatic N) is 1. The highest BCUT2D eigenvalue weighted by atomic mass is 16.5. The number of esters is 1. The van der Waals surface area contributed by atoms with Crippen molar-refractivity contribution in [3.05, 3.63) is 78.0 Å². The van der Waals surface area contributed by atoms with E-state index >= 15 is 0 Å². The van der Waals surface area contributed by atoms with Crippen LogP contribution in [0.5, 0.6) is 11.5 Å². The lowest BCUT2D eigenvalue weighted by Crippen LogP contribution is -2.30. The lowest BCUT2D eigenvalue weighted by Gasteiger charge is -2.30. The van der Waals surface area contributed by atoms with Crippen molar-refractivity contribution in [2.24, 2.45) is 0 Å². The van der Waals surface area contributed by atoms with Crippen LogP contribution in [0, 0.1) is 0 Å². The molecule has 1 aliphatic heterocycles.